The van der Waals surface area contributed by atoms with Crippen molar-refractivity contribution in [2.75, 3.05) is 4.72 Å². The van der Waals surface area contributed by atoms with Crippen LogP contribution in [0.3, 0.4) is 0 Å². The standard InChI is InChI=1S/C10H12FN3O2S/c1-7(2)13-17(15,16)14-9-3-4-10(11)8(5-9)6-12/h3-5,7,13-14H,1-2H3. The number of rotatable bonds is 4. The van der Waals surface area contributed by atoms with E-state index in [0.29, 0.717) is 0 Å². The predicted molar refractivity (Wildman–Crippen MR) is 61.9 cm³/mol. The molecule has 0 fully saturated rings. The first-order valence-electron chi connectivity index (χ1n) is 4.84. The largest absolute Gasteiger partial charge is 0.299 e. The van der Waals surface area contributed by atoms with Crippen LogP contribution in [0.4, 0.5) is 10.1 Å². The molecule has 7 heteroatoms. The van der Waals surface area contributed by atoms with E-state index in [-0.39, 0.29) is 17.3 Å². The zero-order valence-electron chi connectivity index (χ0n) is 9.36. The molecule has 0 bridgehead atoms. The van der Waals surface area contributed by atoms with E-state index in [0.717, 1.165) is 12.1 Å². The van der Waals surface area contributed by atoms with Crippen LogP contribution < -0.4 is 9.44 Å². The summed E-state index contributed by atoms with van der Waals surface area (Å²) < 4.78 is 40.5. The summed E-state index contributed by atoms with van der Waals surface area (Å²) >= 11 is 0. The Morgan fingerprint density at radius 2 is 2.06 bits per heavy atom. The highest BCUT2D eigenvalue weighted by molar-refractivity contribution is 7.90. The second-order valence-electron chi connectivity index (χ2n) is 3.68. The van der Waals surface area contributed by atoms with E-state index in [2.05, 4.69) is 9.44 Å². The molecule has 0 saturated carbocycles. The van der Waals surface area contributed by atoms with Gasteiger partial charge in [0.15, 0.2) is 0 Å². The fraction of sp³-hybridized carbons (Fsp3) is 0.300. The van der Waals surface area contributed by atoms with Gasteiger partial charge in [0.05, 0.1) is 11.3 Å². The average molecular weight is 257 g/mol. The van der Waals surface area contributed by atoms with Gasteiger partial charge in [0.2, 0.25) is 0 Å². The number of hydrogen-bond acceptors (Lipinski definition) is 3. The number of nitriles is 1. The highest BCUT2D eigenvalue weighted by Crippen LogP contribution is 2.14. The number of nitrogens with zero attached hydrogens (tertiary/aromatic N) is 1. The molecule has 92 valence electrons. The molecule has 0 atom stereocenters. The van der Waals surface area contributed by atoms with E-state index in [4.69, 9.17) is 5.26 Å². The SMILES string of the molecule is CC(C)NS(=O)(=O)Nc1ccc(F)c(C#N)c1. The summed E-state index contributed by atoms with van der Waals surface area (Å²) in [6.07, 6.45) is 0. The number of nitrogens with one attached hydrogen (secondary N) is 2. The summed E-state index contributed by atoms with van der Waals surface area (Å²) in [5, 5.41) is 8.60. The van der Waals surface area contributed by atoms with Gasteiger partial charge < -0.3 is 0 Å². The number of hydrogen-bond donors (Lipinski definition) is 2. The summed E-state index contributed by atoms with van der Waals surface area (Å²) in [5.74, 6) is -0.688. The molecule has 0 aliphatic rings. The maximum atomic E-state index is 13.0. The maximum absolute atomic E-state index is 13.0. The predicted octanol–water partition coefficient (Wildman–Crippen LogP) is 1.35. The molecule has 0 spiro atoms. The Bertz CT molecular complexity index is 549. The monoisotopic (exact) mass is 257 g/mol. The average Bonchev–Trinajstić information content (AvgIpc) is 2.18. The molecule has 0 unspecified atom stereocenters. The van der Waals surface area contributed by atoms with E-state index in [1.54, 1.807) is 19.9 Å². The smallest absolute Gasteiger partial charge is 0.271 e. The normalized spacial score (nSPS) is 11.2. The molecule has 0 aliphatic heterocycles. The zero-order valence-corrected chi connectivity index (χ0v) is 10.2. The summed E-state index contributed by atoms with van der Waals surface area (Å²) in [7, 11) is -3.70. The van der Waals surface area contributed by atoms with Gasteiger partial charge in [0, 0.05) is 6.04 Å². The van der Waals surface area contributed by atoms with Crippen molar-refractivity contribution < 1.29 is 12.8 Å². The third kappa shape index (κ3) is 4.01. The van der Waals surface area contributed by atoms with Crippen molar-refractivity contribution in [1.29, 1.82) is 5.26 Å². The summed E-state index contributed by atoms with van der Waals surface area (Å²) in [5.41, 5.74) is -0.0779. The highest BCUT2D eigenvalue weighted by atomic mass is 32.2. The minimum absolute atomic E-state index is 0.135. The van der Waals surface area contributed by atoms with Gasteiger partial charge in [-0.3, -0.25) is 4.72 Å². The number of anilines is 1. The Labute approximate surface area is 99.4 Å². The van der Waals surface area contributed by atoms with Crippen LogP contribution in [0.15, 0.2) is 18.2 Å². The summed E-state index contributed by atoms with van der Waals surface area (Å²) in [6, 6.07) is 4.78. The first-order chi connectivity index (χ1) is 7.84. The van der Waals surface area contributed by atoms with Crippen molar-refractivity contribution >= 4 is 15.9 Å². The van der Waals surface area contributed by atoms with Crippen molar-refractivity contribution in [1.82, 2.24) is 4.72 Å². The Morgan fingerprint density at radius 1 is 1.41 bits per heavy atom. The van der Waals surface area contributed by atoms with Crippen LogP contribution in [0.1, 0.15) is 19.4 Å². The molecule has 5 nitrogen and oxygen atoms in total. The van der Waals surface area contributed by atoms with Gasteiger partial charge in [-0.25, -0.2) is 4.39 Å². The lowest BCUT2D eigenvalue weighted by atomic mass is 10.2. The molecule has 1 aromatic carbocycles. The van der Waals surface area contributed by atoms with Crippen LogP contribution in [-0.4, -0.2) is 14.5 Å². The molecule has 0 saturated heterocycles. The van der Waals surface area contributed by atoms with Crippen LogP contribution in [0, 0.1) is 17.1 Å². The Kier molecular flexibility index (Phi) is 4.04. The topological polar surface area (TPSA) is 82.0 Å². The first kappa shape index (κ1) is 13.4. The van der Waals surface area contributed by atoms with Crippen molar-refractivity contribution in [2.45, 2.75) is 19.9 Å². The van der Waals surface area contributed by atoms with E-state index in [1.807, 2.05) is 0 Å². The van der Waals surface area contributed by atoms with Crippen molar-refractivity contribution in [3.63, 3.8) is 0 Å². The quantitative estimate of drug-likeness (QED) is 0.854. The van der Waals surface area contributed by atoms with E-state index >= 15 is 0 Å². The highest BCUT2D eigenvalue weighted by Gasteiger charge is 2.12. The molecule has 1 rings (SSSR count). The van der Waals surface area contributed by atoms with Gasteiger partial charge in [-0.2, -0.15) is 18.4 Å². The molecular formula is C10H12FN3O2S. The number of halogens is 1. The van der Waals surface area contributed by atoms with Gasteiger partial charge in [0.25, 0.3) is 10.2 Å². The fourth-order valence-electron chi connectivity index (χ4n) is 1.17. The van der Waals surface area contributed by atoms with Gasteiger partial charge in [-0.15, -0.1) is 0 Å². The molecule has 2 N–H and O–H groups in total. The fourth-order valence-corrected chi connectivity index (χ4v) is 2.29. The van der Waals surface area contributed by atoms with Crippen LogP contribution in [0.2, 0.25) is 0 Å². The lowest BCUT2D eigenvalue weighted by Gasteiger charge is -2.11. The Balaban J connectivity index is 2.94. The summed E-state index contributed by atoms with van der Waals surface area (Å²) in [4.78, 5) is 0. The second kappa shape index (κ2) is 5.12. The minimum atomic E-state index is -3.70. The van der Waals surface area contributed by atoms with Crippen LogP contribution >= 0.6 is 0 Å². The number of benzene rings is 1. The second-order valence-corrected chi connectivity index (χ2v) is 5.13. The minimum Gasteiger partial charge on any atom is -0.271 e. The van der Waals surface area contributed by atoms with E-state index in [1.165, 1.54) is 6.07 Å². The molecule has 0 aliphatic carbocycles. The van der Waals surface area contributed by atoms with E-state index < -0.39 is 16.0 Å². The summed E-state index contributed by atoms with van der Waals surface area (Å²) in [6.45, 7) is 3.34. The van der Waals surface area contributed by atoms with Crippen molar-refractivity contribution in [3.8, 4) is 6.07 Å². The van der Waals surface area contributed by atoms with Crippen LogP contribution in [-0.2, 0) is 10.2 Å². The molecule has 0 amide bonds. The molecule has 0 heterocycles. The lowest BCUT2D eigenvalue weighted by molar-refractivity contribution is 0.575. The molecule has 17 heavy (non-hydrogen) atoms. The Hall–Kier alpha value is -1.65. The molecule has 0 aromatic heterocycles. The van der Waals surface area contributed by atoms with Crippen LogP contribution in [0.25, 0.3) is 0 Å². The van der Waals surface area contributed by atoms with Gasteiger partial charge in [0.1, 0.15) is 11.9 Å². The molecule has 1 aromatic rings. The van der Waals surface area contributed by atoms with Crippen LogP contribution in [0.5, 0.6) is 0 Å². The molecular weight excluding hydrogens is 245 g/mol. The van der Waals surface area contributed by atoms with Gasteiger partial charge in [-0.05, 0) is 32.0 Å². The third-order valence-electron chi connectivity index (χ3n) is 1.73. The maximum Gasteiger partial charge on any atom is 0.299 e. The van der Waals surface area contributed by atoms with Crippen molar-refractivity contribution in [3.05, 3.63) is 29.6 Å². The van der Waals surface area contributed by atoms with Gasteiger partial charge in [-0.1, -0.05) is 0 Å². The van der Waals surface area contributed by atoms with Crippen molar-refractivity contribution in [2.24, 2.45) is 0 Å². The first-order valence-corrected chi connectivity index (χ1v) is 6.32. The van der Waals surface area contributed by atoms with Gasteiger partial charge >= 0.3 is 0 Å². The zero-order chi connectivity index (χ0) is 13.1. The Morgan fingerprint density at radius 3 is 2.59 bits per heavy atom. The molecule has 0 radical (unpaired) electrons. The third-order valence-corrected chi connectivity index (χ3v) is 3.02. The van der Waals surface area contributed by atoms with E-state index in [9.17, 15) is 12.8 Å². The lowest BCUT2D eigenvalue weighted by Crippen LogP contribution is -2.35.